The minimum absolute atomic E-state index is 0. The van der Waals surface area contributed by atoms with Gasteiger partial charge in [-0.2, -0.15) is 0 Å². The van der Waals surface area contributed by atoms with E-state index in [1.54, 1.807) is 0 Å². The Bertz CT molecular complexity index is 294. The van der Waals surface area contributed by atoms with Gasteiger partial charge in [-0.15, -0.1) is 24.0 Å². The second-order valence-electron chi connectivity index (χ2n) is 6.00. The van der Waals surface area contributed by atoms with Gasteiger partial charge in [-0.05, 0) is 52.1 Å². The van der Waals surface area contributed by atoms with E-state index in [-0.39, 0.29) is 24.0 Å². The highest BCUT2D eigenvalue weighted by molar-refractivity contribution is 14.0. The Morgan fingerprint density at radius 2 is 2.00 bits per heavy atom. The average Bonchev–Trinajstić information content (AvgIpc) is 2.50. The van der Waals surface area contributed by atoms with Gasteiger partial charge in [-0.25, -0.2) is 0 Å². The van der Waals surface area contributed by atoms with Crippen molar-refractivity contribution in [1.29, 1.82) is 0 Å². The molecule has 0 bridgehead atoms. The molecule has 1 heterocycles. The minimum Gasteiger partial charge on any atom is -0.382 e. The van der Waals surface area contributed by atoms with Gasteiger partial charge in [-0.1, -0.05) is 6.92 Å². The number of ether oxygens (including phenoxy) is 1. The summed E-state index contributed by atoms with van der Waals surface area (Å²) in [4.78, 5) is 6.85. The van der Waals surface area contributed by atoms with Crippen LogP contribution >= 0.6 is 24.0 Å². The number of nitrogens with zero attached hydrogens (tertiary/aromatic N) is 2. The molecule has 1 saturated heterocycles. The van der Waals surface area contributed by atoms with E-state index in [1.165, 1.54) is 25.9 Å². The van der Waals surface area contributed by atoms with Crippen molar-refractivity contribution in [3.63, 3.8) is 0 Å². The van der Waals surface area contributed by atoms with Crippen LogP contribution in [0, 0.1) is 5.92 Å². The molecule has 1 rings (SSSR count). The van der Waals surface area contributed by atoms with Crippen LogP contribution in [0.25, 0.3) is 0 Å². The number of likely N-dealkylation sites (tertiary alicyclic amines) is 1. The molecule has 5 nitrogen and oxygen atoms in total. The second-order valence-corrected chi connectivity index (χ2v) is 6.00. The van der Waals surface area contributed by atoms with Gasteiger partial charge < -0.3 is 15.4 Å². The summed E-state index contributed by atoms with van der Waals surface area (Å²) in [6, 6.07) is 0.555. The van der Waals surface area contributed by atoms with Crippen molar-refractivity contribution in [3.8, 4) is 0 Å². The molecule has 132 valence electrons. The van der Waals surface area contributed by atoms with E-state index >= 15 is 0 Å². The number of hydrogen-bond acceptors (Lipinski definition) is 3. The molecule has 1 unspecified atom stereocenters. The third kappa shape index (κ3) is 9.15. The zero-order valence-corrected chi connectivity index (χ0v) is 17.1. The number of piperidine rings is 1. The van der Waals surface area contributed by atoms with E-state index in [1.807, 2.05) is 14.0 Å². The lowest BCUT2D eigenvalue weighted by Gasteiger charge is -2.35. The molecule has 6 heteroatoms. The smallest absolute Gasteiger partial charge is 0.191 e. The van der Waals surface area contributed by atoms with Gasteiger partial charge >= 0.3 is 0 Å². The van der Waals surface area contributed by atoms with Gasteiger partial charge in [0.1, 0.15) is 0 Å². The number of hydrogen-bond donors (Lipinski definition) is 2. The molecule has 0 radical (unpaired) electrons. The normalized spacial score (nSPS) is 18.6. The molecule has 0 aromatic carbocycles. The highest BCUT2D eigenvalue weighted by atomic mass is 127. The van der Waals surface area contributed by atoms with Gasteiger partial charge in [0.25, 0.3) is 0 Å². The van der Waals surface area contributed by atoms with Crippen LogP contribution in [0.15, 0.2) is 4.99 Å². The Morgan fingerprint density at radius 1 is 1.32 bits per heavy atom. The molecule has 0 saturated carbocycles. The number of halogens is 1. The van der Waals surface area contributed by atoms with Crippen LogP contribution < -0.4 is 10.6 Å². The maximum absolute atomic E-state index is 5.33. The van der Waals surface area contributed by atoms with Crippen molar-refractivity contribution < 1.29 is 4.74 Å². The molecule has 1 aliphatic heterocycles. The van der Waals surface area contributed by atoms with Crippen molar-refractivity contribution >= 4 is 29.9 Å². The van der Waals surface area contributed by atoms with Gasteiger partial charge in [-0.3, -0.25) is 9.89 Å². The molecular formula is C16H35IN4O. The van der Waals surface area contributed by atoms with Crippen LogP contribution in [0.3, 0.4) is 0 Å². The molecule has 2 N–H and O–H groups in total. The Balaban J connectivity index is 0.00000441. The molecular weight excluding hydrogens is 391 g/mol. The summed E-state index contributed by atoms with van der Waals surface area (Å²) in [6.45, 7) is 12.6. The molecule has 0 aromatic heterocycles. The topological polar surface area (TPSA) is 48.9 Å². The van der Waals surface area contributed by atoms with Crippen LogP contribution in [-0.2, 0) is 4.74 Å². The SMILES string of the molecule is CCOCCCNC(=NC)NCC(C)N1CCC(C)CC1.I. The zero-order valence-electron chi connectivity index (χ0n) is 14.7. The first-order valence-corrected chi connectivity index (χ1v) is 8.43. The largest absolute Gasteiger partial charge is 0.382 e. The van der Waals surface area contributed by atoms with Crippen LogP contribution in [0.2, 0.25) is 0 Å². The van der Waals surface area contributed by atoms with E-state index in [9.17, 15) is 0 Å². The minimum atomic E-state index is 0. The second kappa shape index (κ2) is 13.4. The van der Waals surface area contributed by atoms with E-state index in [2.05, 4.69) is 34.4 Å². The Morgan fingerprint density at radius 3 is 2.59 bits per heavy atom. The lowest BCUT2D eigenvalue weighted by molar-refractivity contribution is 0.145. The third-order valence-corrected chi connectivity index (χ3v) is 4.19. The lowest BCUT2D eigenvalue weighted by Crippen LogP contribution is -2.48. The first-order chi connectivity index (χ1) is 10.2. The Hall–Kier alpha value is -0.0800. The van der Waals surface area contributed by atoms with Crippen molar-refractivity contribution in [1.82, 2.24) is 15.5 Å². The van der Waals surface area contributed by atoms with Gasteiger partial charge in [0.05, 0.1) is 0 Å². The number of rotatable bonds is 8. The molecule has 22 heavy (non-hydrogen) atoms. The van der Waals surface area contributed by atoms with Crippen LogP contribution in [0.5, 0.6) is 0 Å². The molecule has 1 aliphatic rings. The van der Waals surface area contributed by atoms with Crippen LogP contribution in [-0.4, -0.2) is 63.3 Å². The van der Waals surface area contributed by atoms with Crippen LogP contribution in [0.1, 0.15) is 40.0 Å². The Labute approximate surface area is 153 Å². The zero-order chi connectivity index (χ0) is 15.5. The first kappa shape index (κ1) is 21.9. The summed E-state index contributed by atoms with van der Waals surface area (Å²) < 4.78 is 5.33. The molecule has 0 amide bonds. The number of nitrogens with one attached hydrogen (secondary N) is 2. The summed E-state index contributed by atoms with van der Waals surface area (Å²) in [7, 11) is 1.82. The summed E-state index contributed by atoms with van der Waals surface area (Å²) in [5.41, 5.74) is 0. The maximum atomic E-state index is 5.33. The highest BCUT2D eigenvalue weighted by Crippen LogP contribution is 2.17. The molecule has 1 atom stereocenters. The number of aliphatic imine (C=N–C) groups is 1. The van der Waals surface area contributed by atoms with Gasteiger partial charge in [0.2, 0.25) is 0 Å². The quantitative estimate of drug-likeness (QED) is 0.271. The summed E-state index contributed by atoms with van der Waals surface area (Å²) in [5.74, 6) is 1.78. The monoisotopic (exact) mass is 426 g/mol. The van der Waals surface area contributed by atoms with Crippen molar-refractivity contribution in [2.45, 2.75) is 46.1 Å². The van der Waals surface area contributed by atoms with Gasteiger partial charge in [0, 0.05) is 39.4 Å². The lowest BCUT2D eigenvalue weighted by atomic mass is 9.98. The van der Waals surface area contributed by atoms with Crippen molar-refractivity contribution in [3.05, 3.63) is 0 Å². The van der Waals surface area contributed by atoms with E-state index < -0.39 is 0 Å². The predicted molar refractivity (Wildman–Crippen MR) is 105 cm³/mol. The van der Waals surface area contributed by atoms with E-state index in [0.717, 1.165) is 44.6 Å². The van der Waals surface area contributed by atoms with Crippen LogP contribution in [0.4, 0.5) is 0 Å². The fourth-order valence-corrected chi connectivity index (χ4v) is 2.59. The predicted octanol–water partition coefficient (Wildman–Crippen LogP) is 2.32. The Kier molecular flexibility index (Phi) is 13.3. The third-order valence-electron chi connectivity index (χ3n) is 4.19. The fraction of sp³-hybridized carbons (Fsp3) is 0.938. The van der Waals surface area contributed by atoms with Gasteiger partial charge in [0.15, 0.2) is 5.96 Å². The van der Waals surface area contributed by atoms with Crippen molar-refractivity contribution in [2.24, 2.45) is 10.9 Å². The fourth-order valence-electron chi connectivity index (χ4n) is 2.59. The summed E-state index contributed by atoms with van der Waals surface area (Å²) >= 11 is 0. The summed E-state index contributed by atoms with van der Waals surface area (Å²) in [5, 5.41) is 6.76. The van der Waals surface area contributed by atoms with E-state index in [0.29, 0.717) is 6.04 Å². The number of guanidine groups is 1. The summed E-state index contributed by atoms with van der Waals surface area (Å²) in [6.07, 6.45) is 3.66. The molecule has 0 spiro atoms. The maximum Gasteiger partial charge on any atom is 0.191 e. The highest BCUT2D eigenvalue weighted by Gasteiger charge is 2.20. The van der Waals surface area contributed by atoms with Crippen molar-refractivity contribution in [2.75, 3.05) is 46.4 Å². The molecule has 0 aliphatic carbocycles. The first-order valence-electron chi connectivity index (χ1n) is 8.43. The van der Waals surface area contributed by atoms with E-state index in [4.69, 9.17) is 4.74 Å². The average molecular weight is 426 g/mol. The molecule has 1 fully saturated rings. The standard InChI is InChI=1S/C16H34N4O.HI/c1-5-21-12-6-9-18-16(17-4)19-13-15(3)20-10-7-14(2)8-11-20;/h14-15H,5-13H2,1-4H3,(H2,17,18,19);1H. The molecule has 0 aromatic rings.